The summed E-state index contributed by atoms with van der Waals surface area (Å²) in [5.41, 5.74) is 10.5. The third-order valence-electron chi connectivity index (χ3n) is 5.65. The third-order valence-corrected chi connectivity index (χ3v) is 5.65. The average molecular weight is 357 g/mol. The van der Waals surface area contributed by atoms with Crippen molar-refractivity contribution < 1.29 is 4.79 Å². The summed E-state index contributed by atoms with van der Waals surface area (Å²) in [6.45, 7) is 3.71. The quantitative estimate of drug-likeness (QED) is 0.887. The first-order chi connectivity index (χ1) is 11.6. The minimum Gasteiger partial charge on any atom is -0.338 e. The number of hydrogen-bond donors (Lipinski definition) is 1. The minimum absolute atomic E-state index is 0. The molecule has 2 bridgehead atoms. The molecule has 3 nitrogen and oxygen atoms in total. The van der Waals surface area contributed by atoms with Crippen molar-refractivity contribution in [3.05, 3.63) is 59.7 Å². The Morgan fingerprint density at radius 3 is 2.24 bits per heavy atom. The molecule has 0 spiro atoms. The van der Waals surface area contributed by atoms with Crippen molar-refractivity contribution in [2.75, 3.05) is 13.1 Å². The van der Waals surface area contributed by atoms with Crippen molar-refractivity contribution in [1.82, 2.24) is 4.90 Å². The molecule has 1 amide bonds. The van der Waals surface area contributed by atoms with Crippen LogP contribution in [0.25, 0.3) is 11.1 Å². The Labute approximate surface area is 155 Å². The number of benzene rings is 2. The van der Waals surface area contributed by atoms with E-state index in [-0.39, 0.29) is 24.4 Å². The second kappa shape index (κ2) is 7.19. The van der Waals surface area contributed by atoms with E-state index in [1.54, 1.807) is 0 Å². The molecular weight excluding hydrogens is 332 g/mol. The highest BCUT2D eigenvalue weighted by molar-refractivity contribution is 5.95. The molecule has 4 rings (SSSR count). The molecule has 1 aliphatic heterocycles. The van der Waals surface area contributed by atoms with Gasteiger partial charge in [0.2, 0.25) is 0 Å². The number of fused-ring (bicyclic) bond motifs is 2. The van der Waals surface area contributed by atoms with Gasteiger partial charge >= 0.3 is 0 Å². The molecule has 2 aromatic carbocycles. The normalized spacial score (nSPS) is 24.7. The van der Waals surface area contributed by atoms with Crippen molar-refractivity contribution in [2.45, 2.75) is 25.8 Å². The van der Waals surface area contributed by atoms with Crippen molar-refractivity contribution in [1.29, 1.82) is 0 Å². The lowest BCUT2D eigenvalue weighted by Gasteiger charge is -2.36. The van der Waals surface area contributed by atoms with E-state index in [1.807, 2.05) is 23.1 Å². The number of hydrogen-bond acceptors (Lipinski definition) is 2. The molecule has 4 heteroatoms. The second-order valence-electron chi connectivity index (χ2n) is 7.34. The molecular formula is C21H25ClN2O. The smallest absolute Gasteiger partial charge is 0.253 e. The van der Waals surface area contributed by atoms with Crippen LogP contribution in [0.3, 0.4) is 0 Å². The Bertz CT molecular complexity index is 762. The third kappa shape index (κ3) is 3.44. The maximum absolute atomic E-state index is 13.0. The van der Waals surface area contributed by atoms with Gasteiger partial charge in [0.25, 0.3) is 5.91 Å². The zero-order chi connectivity index (χ0) is 16.7. The molecule has 1 heterocycles. The molecule has 1 unspecified atom stereocenters. The van der Waals surface area contributed by atoms with Gasteiger partial charge in [-0.2, -0.15) is 0 Å². The highest BCUT2D eigenvalue weighted by Crippen LogP contribution is 2.36. The highest BCUT2D eigenvalue weighted by Gasteiger charge is 2.41. The van der Waals surface area contributed by atoms with Crippen LogP contribution in [0.4, 0.5) is 0 Å². The van der Waals surface area contributed by atoms with Gasteiger partial charge in [0.15, 0.2) is 0 Å². The Morgan fingerprint density at radius 2 is 1.60 bits per heavy atom. The number of nitrogens with two attached hydrogens (primary N) is 1. The Hall–Kier alpha value is -1.84. The van der Waals surface area contributed by atoms with Crippen LogP contribution >= 0.6 is 12.4 Å². The Kier molecular flexibility index (Phi) is 5.16. The van der Waals surface area contributed by atoms with Crippen LogP contribution in [-0.4, -0.2) is 29.9 Å². The van der Waals surface area contributed by atoms with Crippen LogP contribution in [-0.2, 0) is 0 Å². The lowest BCUT2D eigenvalue weighted by atomic mass is 9.92. The maximum atomic E-state index is 13.0. The van der Waals surface area contributed by atoms with Crippen molar-refractivity contribution in [3.63, 3.8) is 0 Å². The van der Waals surface area contributed by atoms with E-state index >= 15 is 0 Å². The number of rotatable bonds is 2. The van der Waals surface area contributed by atoms with Crippen LogP contribution < -0.4 is 5.73 Å². The highest BCUT2D eigenvalue weighted by atomic mass is 35.5. The standard InChI is InChI=1S/C21H24N2O.ClH/c1-14-4-2-5-15(10-14)16-6-3-7-17(11-16)21(24)23-12-18-8-9-19(13-23)20(18)22;/h2-7,10-11,18-20H,8-9,12-13,22H2,1H3;1H/t18-,19+,20?;. The van der Waals surface area contributed by atoms with Crippen molar-refractivity contribution in [2.24, 2.45) is 17.6 Å². The van der Waals surface area contributed by atoms with Gasteiger partial charge in [0, 0.05) is 24.7 Å². The number of nitrogens with zero attached hydrogens (tertiary/aromatic N) is 1. The largest absolute Gasteiger partial charge is 0.338 e. The average Bonchev–Trinajstić information content (AvgIpc) is 2.82. The van der Waals surface area contributed by atoms with E-state index in [9.17, 15) is 4.79 Å². The van der Waals surface area contributed by atoms with Gasteiger partial charge in [-0.3, -0.25) is 4.79 Å². The topological polar surface area (TPSA) is 46.3 Å². The first kappa shape index (κ1) is 18.0. The fourth-order valence-corrected chi connectivity index (χ4v) is 4.27. The Morgan fingerprint density at radius 1 is 1.00 bits per heavy atom. The van der Waals surface area contributed by atoms with Gasteiger partial charge in [-0.05, 0) is 54.9 Å². The zero-order valence-electron chi connectivity index (χ0n) is 14.5. The first-order valence-electron chi connectivity index (χ1n) is 8.84. The van der Waals surface area contributed by atoms with Crippen LogP contribution in [0.1, 0.15) is 28.8 Å². The predicted octanol–water partition coefficient (Wildman–Crippen LogP) is 3.89. The van der Waals surface area contributed by atoms with Crippen LogP contribution in [0.2, 0.25) is 0 Å². The SMILES string of the molecule is Cc1cccc(-c2cccc(C(=O)N3C[C@H]4CC[C@@H](C3)C4N)c2)c1.Cl. The molecule has 2 aromatic rings. The maximum Gasteiger partial charge on any atom is 0.253 e. The van der Waals surface area contributed by atoms with Gasteiger partial charge < -0.3 is 10.6 Å². The lowest BCUT2D eigenvalue weighted by Crippen LogP contribution is -2.50. The van der Waals surface area contributed by atoms with Crippen LogP contribution in [0.15, 0.2) is 48.5 Å². The van der Waals surface area contributed by atoms with E-state index < -0.39 is 0 Å². The summed E-state index contributed by atoms with van der Waals surface area (Å²) in [4.78, 5) is 15.0. The van der Waals surface area contributed by atoms with Crippen LogP contribution in [0.5, 0.6) is 0 Å². The monoisotopic (exact) mass is 356 g/mol. The fourth-order valence-electron chi connectivity index (χ4n) is 4.27. The summed E-state index contributed by atoms with van der Waals surface area (Å²) in [6.07, 6.45) is 2.33. The molecule has 1 saturated heterocycles. The second-order valence-corrected chi connectivity index (χ2v) is 7.34. The van der Waals surface area contributed by atoms with Gasteiger partial charge in [-0.15, -0.1) is 12.4 Å². The van der Waals surface area contributed by atoms with Gasteiger partial charge in [-0.1, -0.05) is 42.0 Å². The number of aryl methyl sites for hydroxylation is 1. The van der Waals surface area contributed by atoms with Crippen molar-refractivity contribution >= 4 is 18.3 Å². The molecule has 25 heavy (non-hydrogen) atoms. The van der Waals surface area contributed by atoms with E-state index in [0.29, 0.717) is 11.8 Å². The summed E-state index contributed by atoms with van der Waals surface area (Å²) in [5.74, 6) is 1.11. The van der Waals surface area contributed by atoms with Gasteiger partial charge in [0.1, 0.15) is 0 Å². The number of halogens is 1. The number of piperidine rings is 1. The molecule has 2 N–H and O–H groups in total. The zero-order valence-corrected chi connectivity index (χ0v) is 15.3. The van der Waals surface area contributed by atoms with Crippen molar-refractivity contribution in [3.8, 4) is 11.1 Å². The summed E-state index contributed by atoms with van der Waals surface area (Å²) in [7, 11) is 0. The van der Waals surface area contributed by atoms with Crippen LogP contribution in [0, 0.1) is 18.8 Å². The molecule has 0 radical (unpaired) electrons. The first-order valence-corrected chi connectivity index (χ1v) is 8.84. The lowest BCUT2D eigenvalue weighted by molar-refractivity contribution is 0.0637. The number of carbonyl (C=O) groups is 1. The summed E-state index contributed by atoms with van der Waals surface area (Å²) in [6, 6.07) is 16.7. The molecule has 1 aliphatic carbocycles. The Balaban J connectivity index is 0.00000182. The minimum atomic E-state index is 0. The van der Waals surface area contributed by atoms with E-state index in [4.69, 9.17) is 5.73 Å². The predicted molar refractivity (Wildman–Crippen MR) is 104 cm³/mol. The van der Waals surface area contributed by atoms with E-state index in [1.165, 1.54) is 18.4 Å². The fraction of sp³-hybridized carbons (Fsp3) is 0.381. The van der Waals surface area contributed by atoms with E-state index in [0.717, 1.165) is 29.8 Å². The number of likely N-dealkylation sites (tertiary alicyclic amines) is 1. The van der Waals surface area contributed by atoms with Gasteiger partial charge in [-0.25, -0.2) is 0 Å². The molecule has 2 fully saturated rings. The summed E-state index contributed by atoms with van der Waals surface area (Å²) < 4.78 is 0. The summed E-state index contributed by atoms with van der Waals surface area (Å²) in [5, 5.41) is 0. The molecule has 1 saturated carbocycles. The van der Waals surface area contributed by atoms with Gasteiger partial charge in [0.05, 0.1) is 0 Å². The van der Waals surface area contributed by atoms with E-state index in [2.05, 4.69) is 37.3 Å². The molecule has 3 atom stereocenters. The molecule has 132 valence electrons. The number of amides is 1. The number of carbonyl (C=O) groups excluding carboxylic acids is 1. The molecule has 0 aromatic heterocycles. The molecule has 2 aliphatic rings. The summed E-state index contributed by atoms with van der Waals surface area (Å²) >= 11 is 0.